The highest BCUT2D eigenvalue weighted by Crippen LogP contribution is 2.28. The van der Waals surface area contributed by atoms with E-state index < -0.39 is 11.9 Å². The monoisotopic (exact) mass is 296 g/mol. The van der Waals surface area contributed by atoms with Gasteiger partial charge in [0.05, 0.1) is 5.02 Å². The lowest BCUT2D eigenvalue weighted by Crippen LogP contribution is -2.43. The number of rotatable bonds is 1. The Morgan fingerprint density at radius 3 is 2.80 bits per heavy atom. The van der Waals surface area contributed by atoms with Crippen LogP contribution >= 0.6 is 11.6 Å². The number of anilines is 1. The van der Waals surface area contributed by atoms with Gasteiger partial charge in [0.2, 0.25) is 11.8 Å². The molecule has 20 heavy (non-hydrogen) atoms. The Hall–Kier alpha value is -1.62. The molecule has 1 atom stereocenters. The number of benzene rings is 1. The fourth-order valence-corrected chi connectivity index (χ4v) is 2.99. The molecule has 0 aromatic heterocycles. The molecular formula is C14H14ClFN2O2. The van der Waals surface area contributed by atoms with Gasteiger partial charge in [-0.3, -0.25) is 9.59 Å². The SMILES string of the molecule is O=C1C2CCCN2C(=O)CCN1c1ccc(Cl)c(F)c1. The fraction of sp³-hybridized carbons (Fsp3) is 0.429. The van der Waals surface area contributed by atoms with Crippen LogP contribution in [0.2, 0.25) is 5.02 Å². The van der Waals surface area contributed by atoms with Crippen molar-refractivity contribution in [2.45, 2.75) is 25.3 Å². The minimum absolute atomic E-state index is 0.00205. The van der Waals surface area contributed by atoms with E-state index in [-0.39, 0.29) is 29.8 Å². The molecule has 1 unspecified atom stereocenters. The molecular weight excluding hydrogens is 283 g/mol. The van der Waals surface area contributed by atoms with E-state index in [9.17, 15) is 14.0 Å². The molecule has 2 saturated heterocycles. The number of hydrogen-bond acceptors (Lipinski definition) is 2. The van der Waals surface area contributed by atoms with Gasteiger partial charge >= 0.3 is 0 Å². The van der Waals surface area contributed by atoms with Crippen LogP contribution in [0.25, 0.3) is 0 Å². The van der Waals surface area contributed by atoms with Gasteiger partial charge in [-0.25, -0.2) is 4.39 Å². The number of carbonyl (C=O) groups excluding carboxylic acids is 2. The highest BCUT2D eigenvalue weighted by molar-refractivity contribution is 6.30. The number of nitrogens with zero attached hydrogens (tertiary/aromatic N) is 2. The second kappa shape index (κ2) is 5.05. The zero-order valence-electron chi connectivity index (χ0n) is 10.8. The van der Waals surface area contributed by atoms with Gasteiger partial charge in [-0.05, 0) is 31.0 Å². The first-order chi connectivity index (χ1) is 9.58. The third-order valence-corrected chi connectivity index (χ3v) is 4.19. The molecule has 2 fully saturated rings. The number of carbonyl (C=O) groups is 2. The second-order valence-corrected chi connectivity index (χ2v) is 5.49. The largest absolute Gasteiger partial charge is 0.331 e. The predicted molar refractivity (Wildman–Crippen MR) is 73.1 cm³/mol. The van der Waals surface area contributed by atoms with Crippen LogP contribution in [0.1, 0.15) is 19.3 Å². The summed E-state index contributed by atoms with van der Waals surface area (Å²) in [6, 6.07) is 3.88. The predicted octanol–water partition coefficient (Wildman–Crippen LogP) is 2.21. The molecule has 2 aliphatic heterocycles. The van der Waals surface area contributed by atoms with Gasteiger partial charge in [0, 0.05) is 25.2 Å². The van der Waals surface area contributed by atoms with Crippen LogP contribution < -0.4 is 4.90 Å². The second-order valence-electron chi connectivity index (χ2n) is 5.08. The number of hydrogen-bond donors (Lipinski definition) is 0. The van der Waals surface area contributed by atoms with Gasteiger partial charge in [-0.15, -0.1) is 0 Å². The van der Waals surface area contributed by atoms with E-state index in [0.29, 0.717) is 18.7 Å². The lowest BCUT2D eigenvalue weighted by atomic mass is 10.2. The average Bonchev–Trinajstić information content (AvgIpc) is 2.87. The smallest absolute Gasteiger partial charge is 0.249 e. The van der Waals surface area contributed by atoms with Crippen LogP contribution in [0.5, 0.6) is 0 Å². The molecule has 3 rings (SSSR count). The van der Waals surface area contributed by atoms with Crippen molar-refractivity contribution in [3.63, 3.8) is 0 Å². The van der Waals surface area contributed by atoms with Crippen molar-refractivity contribution in [3.8, 4) is 0 Å². The van der Waals surface area contributed by atoms with Crippen LogP contribution in [0.4, 0.5) is 10.1 Å². The van der Waals surface area contributed by atoms with Crippen molar-refractivity contribution in [1.29, 1.82) is 0 Å². The Kier molecular flexibility index (Phi) is 3.38. The summed E-state index contributed by atoms with van der Waals surface area (Å²) in [6.07, 6.45) is 1.79. The zero-order valence-corrected chi connectivity index (χ0v) is 11.6. The Morgan fingerprint density at radius 2 is 2.05 bits per heavy atom. The number of halogens is 2. The molecule has 0 spiro atoms. The molecule has 0 saturated carbocycles. The molecule has 2 heterocycles. The van der Waals surface area contributed by atoms with Gasteiger partial charge in [-0.2, -0.15) is 0 Å². The summed E-state index contributed by atoms with van der Waals surface area (Å²) in [6.45, 7) is 0.920. The van der Waals surface area contributed by atoms with E-state index in [1.807, 2.05) is 0 Å². The standard InChI is InChI=1S/C14H14ClFN2O2/c15-10-4-3-9(8-11(10)16)17-7-5-13(19)18-6-1-2-12(18)14(17)20/h3-4,8,12H,1-2,5-7H2. The summed E-state index contributed by atoms with van der Waals surface area (Å²) in [5.41, 5.74) is 0.457. The maximum absolute atomic E-state index is 13.6. The molecule has 1 aromatic rings. The van der Waals surface area contributed by atoms with E-state index in [1.165, 1.54) is 17.0 Å². The highest BCUT2D eigenvalue weighted by atomic mass is 35.5. The Balaban J connectivity index is 1.94. The molecule has 0 radical (unpaired) electrons. The summed E-state index contributed by atoms with van der Waals surface area (Å²) >= 11 is 5.66. The van der Waals surface area contributed by atoms with Crippen molar-refractivity contribution in [2.24, 2.45) is 0 Å². The Morgan fingerprint density at radius 1 is 1.25 bits per heavy atom. The molecule has 6 heteroatoms. The third-order valence-electron chi connectivity index (χ3n) is 3.89. The van der Waals surface area contributed by atoms with Gasteiger partial charge < -0.3 is 9.80 Å². The maximum atomic E-state index is 13.6. The van der Waals surface area contributed by atoms with Crippen molar-refractivity contribution in [1.82, 2.24) is 4.90 Å². The van der Waals surface area contributed by atoms with Gasteiger partial charge in [-0.1, -0.05) is 11.6 Å². The van der Waals surface area contributed by atoms with E-state index in [2.05, 4.69) is 0 Å². The quantitative estimate of drug-likeness (QED) is 0.797. The van der Waals surface area contributed by atoms with Crippen molar-refractivity contribution < 1.29 is 14.0 Å². The molecule has 0 N–H and O–H groups in total. The van der Waals surface area contributed by atoms with Crippen LogP contribution in [-0.2, 0) is 9.59 Å². The molecule has 1 aromatic carbocycles. The van der Waals surface area contributed by atoms with Crippen LogP contribution in [0, 0.1) is 5.82 Å². The third kappa shape index (κ3) is 2.16. The van der Waals surface area contributed by atoms with Crippen molar-refractivity contribution in [3.05, 3.63) is 29.0 Å². The molecule has 2 aliphatic rings. The first-order valence-corrected chi connectivity index (χ1v) is 7.01. The lowest BCUT2D eigenvalue weighted by Gasteiger charge is -2.25. The van der Waals surface area contributed by atoms with Crippen LogP contribution in [0.3, 0.4) is 0 Å². The van der Waals surface area contributed by atoms with Crippen LogP contribution in [0.15, 0.2) is 18.2 Å². The minimum atomic E-state index is -0.559. The number of fused-ring (bicyclic) bond motifs is 1. The molecule has 4 nitrogen and oxygen atoms in total. The van der Waals surface area contributed by atoms with Crippen LogP contribution in [-0.4, -0.2) is 35.8 Å². The van der Waals surface area contributed by atoms with Gasteiger partial charge in [0.15, 0.2) is 0 Å². The topological polar surface area (TPSA) is 40.6 Å². The summed E-state index contributed by atoms with van der Waals surface area (Å²) in [5.74, 6) is -0.691. The van der Waals surface area contributed by atoms with E-state index >= 15 is 0 Å². The van der Waals surface area contributed by atoms with E-state index in [1.54, 1.807) is 11.0 Å². The van der Waals surface area contributed by atoms with Gasteiger partial charge in [0.1, 0.15) is 11.9 Å². The molecule has 2 amide bonds. The first-order valence-electron chi connectivity index (χ1n) is 6.64. The fourth-order valence-electron chi connectivity index (χ4n) is 2.87. The van der Waals surface area contributed by atoms with E-state index in [4.69, 9.17) is 11.6 Å². The Labute approximate surface area is 121 Å². The molecule has 0 bridgehead atoms. The van der Waals surface area contributed by atoms with Crippen molar-refractivity contribution in [2.75, 3.05) is 18.0 Å². The van der Waals surface area contributed by atoms with Crippen molar-refractivity contribution >= 4 is 29.1 Å². The molecule has 106 valence electrons. The van der Waals surface area contributed by atoms with E-state index in [0.717, 1.165) is 6.42 Å². The number of amides is 2. The van der Waals surface area contributed by atoms with Gasteiger partial charge in [0.25, 0.3) is 0 Å². The highest BCUT2D eigenvalue weighted by Gasteiger charge is 2.39. The first kappa shape index (κ1) is 13.4. The summed E-state index contributed by atoms with van der Waals surface area (Å²) in [5, 5.41) is 0.0228. The Bertz CT molecular complexity index is 578. The normalized spacial score (nSPS) is 23.0. The summed E-state index contributed by atoms with van der Waals surface area (Å²) in [7, 11) is 0. The average molecular weight is 297 g/mol. The summed E-state index contributed by atoms with van der Waals surface area (Å²) in [4.78, 5) is 27.7. The minimum Gasteiger partial charge on any atom is -0.331 e. The lowest BCUT2D eigenvalue weighted by molar-refractivity contribution is -0.135. The summed E-state index contributed by atoms with van der Waals surface area (Å²) < 4.78 is 13.6. The molecule has 0 aliphatic carbocycles. The maximum Gasteiger partial charge on any atom is 0.249 e. The zero-order chi connectivity index (χ0) is 14.3.